The zero-order chi connectivity index (χ0) is 15.3. The maximum Gasteiger partial charge on any atom is 0.422 e. The number of anilines is 1. The van der Waals surface area contributed by atoms with Crippen LogP contribution in [0.15, 0.2) is 18.2 Å². The Morgan fingerprint density at radius 3 is 2.60 bits per heavy atom. The Kier molecular flexibility index (Phi) is 4.73. The van der Waals surface area contributed by atoms with Crippen molar-refractivity contribution >= 4 is 17.5 Å². The summed E-state index contributed by atoms with van der Waals surface area (Å²) in [7, 11) is 1.28. The molecule has 1 aromatic rings. The Balaban J connectivity index is 2.81. The van der Waals surface area contributed by atoms with Crippen molar-refractivity contribution in [3.8, 4) is 5.75 Å². The summed E-state index contributed by atoms with van der Waals surface area (Å²) < 4.78 is 44.1. The Bertz CT molecular complexity index is 518. The van der Waals surface area contributed by atoms with Gasteiger partial charge in [-0.05, 0) is 12.1 Å². The predicted octanol–water partition coefficient (Wildman–Crippen LogP) is 2.71. The second-order valence-corrected chi connectivity index (χ2v) is 3.46. The minimum absolute atomic E-state index is 0.158. The fourth-order valence-corrected chi connectivity index (χ4v) is 1.19. The molecule has 0 spiro atoms. The standard InChI is InChI=1S/C10H9F3N2O5/c1-19-6-2-3-7(8(4-6)15(17)18)14-9(16)20-5-10(11,12)13/h2-4H,5H2,1H3,(H,14,16). The number of rotatable bonds is 4. The number of halogens is 3. The van der Waals surface area contributed by atoms with Gasteiger partial charge in [0.2, 0.25) is 0 Å². The van der Waals surface area contributed by atoms with Crippen LogP contribution in [0.4, 0.5) is 29.3 Å². The Hall–Kier alpha value is -2.52. The van der Waals surface area contributed by atoms with Gasteiger partial charge in [0.15, 0.2) is 6.61 Å². The predicted molar refractivity (Wildman–Crippen MR) is 60.7 cm³/mol. The van der Waals surface area contributed by atoms with Crippen LogP contribution in [0.3, 0.4) is 0 Å². The summed E-state index contributed by atoms with van der Waals surface area (Å²) >= 11 is 0. The van der Waals surface area contributed by atoms with Gasteiger partial charge in [-0.3, -0.25) is 15.4 Å². The molecule has 0 aromatic heterocycles. The van der Waals surface area contributed by atoms with Gasteiger partial charge >= 0.3 is 12.3 Å². The molecule has 0 heterocycles. The summed E-state index contributed by atoms with van der Waals surface area (Å²) in [5.74, 6) is 0.158. The van der Waals surface area contributed by atoms with Crippen LogP contribution in [0.5, 0.6) is 5.75 Å². The quantitative estimate of drug-likeness (QED) is 0.681. The van der Waals surface area contributed by atoms with Gasteiger partial charge in [0.05, 0.1) is 18.1 Å². The summed E-state index contributed by atoms with van der Waals surface area (Å²) in [6, 6.07) is 3.43. The van der Waals surface area contributed by atoms with Gasteiger partial charge in [0.25, 0.3) is 5.69 Å². The average Bonchev–Trinajstić information content (AvgIpc) is 2.35. The molecule has 0 aliphatic rings. The monoisotopic (exact) mass is 294 g/mol. The maximum absolute atomic E-state index is 11.8. The van der Waals surface area contributed by atoms with Crippen LogP contribution in [-0.2, 0) is 4.74 Å². The summed E-state index contributed by atoms with van der Waals surface area (Å²) in [5.41, 5.74) is -0.837. The smallest absolute Gasteiger partial charge is 0.422 e. The van der Waals surface area contributed by atoms with Gasteiger partial charge in [-0.1, -0.05) is 0 Å². The number of ether oxygens (including phenoxy) is 2. The lowest BCUT2D eigenvalue weighted by molar-refractivity contribution is -0.384. The van der Waals surface area contributed by atoms with Crippen LogP contribution in [0, 0.1) is 10.1 Å². The molecule has 1 aromatic carbocycles. The van der Waals surface area contributed by atoms with E-state index in [0.29, 0.717) is 0 Å². The van der Waals surface area contributed by atoms with E-state index in [9.17, 15) is 28.1 Å². The highest BCUT2D eigenvalue weighted by Gasteiger charge is 2.30. The van der Waals surface area contributed by atoms with Gasteiger partial charge in [-0.2, -0.15) is 13.2 Å². The van der Waals surface area contributed by atoms with Gasteiger partial charge in [-0.15, -0.1) is 0 Å². The van der Waals surface area contributed by atoms with Crippen molar-refractivity contribution in [1.29, 1.82) is 0 Å². The molecular formula is C10H9F3N2O5. The van der Waals surface area contributed by atoms with E-state index in [1.807, 2.05) is 5.32 Å². The zero-order valence-corrected chi connectivity index (χ0v) is 10.1. The van der Waals surface area contributed by atoms with E-state index in [4.69, 9.17) is 4.74 Å². The molecular weight excluding hydrogens is 285 g/mol. The number of carbonyl (C=O) groups is 1. The van der Waals surface area contributed by atoms with Crippen molar-refractivity contribution in [2.45, 2.75) is 6.18 Å². The van der Waals surface area contributed by atoms with Crippen molar-refractivity contribution in [3.05, 3.63) is 28.3 Å². The number of nitro groups is 1. The van der Waals surface area contributed by atoms with Crippen molar-refractivity contribution < 1.29 is 32.4 Å². The summed E-state index contributed by atoms with van der Waals surface area (Å²) in [6.07, 6.45) is -6.13. The van der Waals surface area contributed by atoms with Crippen LogP contribution >= 0.6 is 0 Å². The fraction of sp³-hybridized carbons (Fsp3) is 0.300. The highest BCUT2D eigenvalue weighted by molar-refractivity contribution is 5.88. The Morgan fingerprint density at radius 1 is 1.45 bits per heavy atom. The fourth-order valence-electron chi connectivity index (χ4n) is 1.19. The van der Waals surface area contributed by atoms with Crippen molar-refractivity contribution in [3.63, 3.8) is 0 Å². The summed E-state index contributed by atoms with van der Waals surface area (Å²) in [5, 5.41) is 12.6. The molecule has 0 atom stereocenters. The third-order valence-corrected chi connectivity index (χ3v) is 2.01. The number of benzene rings is 1. The number of carbonyl (C=O) groups excluding carboxylic acids is 1. The number of nitro benzene ring substituents is 1. The number of methoxy groups -OCH3 is 1. The lowest BCUT2D eigenvalue weighted by atomic mass is 10.2. The van der Waals surface area contributed by atoms with E-state index in [1.54, 1.807) is 0 Å². The van der Waals surface area contributed by atoms with E-state index in [2.05, 4.69) is 4.74 Å². The number of nitrogens with zero attached hydrogens (tertiary/aromatic N) is 1. The first-order valence-corrected chi connectivity index (χ1v) is 5.06. The van der Waals surface area contributed by atoms with Crippen molar-refractivity contribution in [2.75, 3.05) is 19.0 Å². The zero-order valence-electron chi connectivity index (χ0n) is 10.1. The lowest BCUT2D eigenvalue weighted by Crippen LogP contribution is -2.23. The molecule has 7 nitrogen and oxygen atoms in total. The molecule has 0 bridgehead atoms. The molecule has 1 N–H and O–H groups in total. The van der Waals surface area contributed by atoms with Crippen LogP contribution in [-0.4, -0.2) is 30.9 Å². The lowest BCUT2D eigenvalue weighted by Gasteiger charge is -2.09. The largest absolute Gasteiger partial charge is 0.496 e. The van der Waals surface area contributed by atoms with E-state index in [-0.39, 0.29) is 11.4 Å². The first-order chi connectivity index (χ1) is 9.23. The summed E-state index contributed by atoms with van der Waals surface area (Å²) in [6.45, 7) is -1.79. The second kappa shape index (κ2) is 6.08. The van der Waals surface area contributed by atoms with Gasteiger partial charge in [0.1, 0.15) is 11.4 Å². The third-order valence-electron chi connectivity index (χ3n) is 2.01. The van der Waals surface area contributed by atoms with Crippen molar-refractivity contribution in [2.24, 2.45) is 0 Å². The van der Waals surface area contributed by atoms with E-state index >= 15 is 0 Å². The normalized spacial score (nSPS) is 10.8. The molecule has 1 rings (SSSR count). The van der Waals surface area contributed by atoms with Gasteiger partial charge in [0, 0.05) is 0 Å². The van der Waals surface area contributed by atoms with E-state index in [1.165, 1.54) is 13.2 Å². The van der Waals surface area contributed by atoms with Crippen LogP contribution in [0.2, 0.25) is 0 Å². The molecule has 0 radical (unpaired) electrons. The molecule has 10 heteroatoms. The number of nitrogens with one attached hydrogen (secondary N) is 1. The van der Waals surface area contributed by atoms with Crippen LogP contribution in [0.25, 0.3) is 0 Å². The topological polar surface area (TPSA) is 90.7 Å². The SMILES string of the molecule is COc1ccc(NC(=O)OCC(F)(F)F)c([N+](=O)[O-])c1. The number of hydrogen-bond donors (Lipinski definition) is 1. The maximum atomic E-state index is 11.8. The molecule has 0 unspecified atom stereocenters. The Morgan fingerprint density at radius 2 is 2.10 bits per heavy atom. The number of amides is 1. The van der Waals surface area contributed by atoms with Gasteiger partial charge in [-0.25, -0.2) is 4.79 Å². The average molecular weight is 294 g/mol. The van der Waals surface area contributed by atoms with Gasteiger partial charge < -0.3 is 9.47 Å². The van der Waals surface area contributed by atoms with Crippen molar-refractivity contribution in [1.82, 2.24) is 0 Å². The van der Waals surface area contributed by atoms with E-state index < -0.39 is 29.5 Å². The molecule has 0 aliphatic heterocycles. The summed E-state index contributed by atoms with van der Waals surface area (Å²) in [4.78, 5) is 21.1. The number of hydrogen-bond acceptors (Lipinski definition) is 5. The molecule has 0 saturated heterocycles. The minimum Gasteiger partial charge on any atom is -0.496 e. The first kappa shape index (κ1) is 15.5. The molecule has 0 fully saturated rings. The molecule has 0 saturated carbocycles. The highest BCUT2D eigenvalue weighted by Crippen LogP contribution is 2.29. The second-order valence-electron chi connectivity index (χ2n) is 3.46. The molecule has 0 aliphatic carbocycles. The molecule has 1 amide bonds. The van der Waals surface area contributed by atoms with Crippen LogP contribution in [0.1, 0.15) is 0 Å². The highest BCUT2D eigenvalue weighted by atomic mass is 19.4. The minimum atomic E-state index is -4.68. The first-order valence-electron chi connectivity index (χ1n) is 5.06. The molecule has 110 valence electrons. The van der Waals surface area contributed by atoms with E-state index in [0.717, 1.165) is 12.1 Å². The molecule has 20 heavy (non-hydrogen) atoms. The number of alkyl halides is 3. The Labute approximate surface area is 110 Å². The third kappa shape index (κ3) is 4.63. The van der Waals surface area contributed by atoms with Crippen LogP contribution < -0.4 is 10.1 Å².